The first kappa shape index (κ1) is 19.2. The lowest BCUT2D eigenvalue weighted by atomic mass is 10.1. The monoisotopic (exact) mass is 438 g/mol. The number of carbonyl (C=O) groups is 1. The number of para-hydroxylation sites is 2. The molecule has 1 amide bonds. The van der Waals surface area contributed by atoms with E-state index in [4.69, 9.17) is 0 Å². The Labute approximate surface area is 186 Å². The SMILES string of the molecule is O=C(Nc1cccc(-c2nc3ccccc3[nH]2)c1)c1cnc2c(c1)c(=O)[nH]c(=O)n2C1CC1. The first-order valence-corrected chi connectivity index (χ1v) is 10.6. The number of amides is 1. The second-order valence-electron chi connectivity index (χ2n) is 8.09. The highest BCUT2D eigenvalue weighted by Crippen LogP contribution is 2.34. The molecule has 3 heterocycles. The zero-order valence-electron chi connectivity index (χ0n) is 17.3. The fourth-order valence-corrected chi connectivity index (χ4v) is 3.97. The Hall–Kier alpha value is -4.53. The molecule has 0 spiro atoms. The number of benzene rings is 2. The summed E-state index contributed by atoms with van der Waals surface area (Å²) in [6.45, 7) is 0. The molecule has 3 N–H and O–H groups in total. The normalized spacial score (nSPS) is 13.5. The zero-order valence-corrected chi connectivity index (χ0v) is 17.3. The van der Waals surface area contributed by atoms with E-state index in [0.29, 0.717) is 17.2 Å². The summed E-state index contributed by atoms with van der Waals surface area (Å²) in [7, 11) is 0. The van der Waals surface area contributed by atoms with Crippen LogP contribution in [0.3, 0.4) is 0 Å². The number of nitrogens with zero attached hydrogens (tertiary/aromatic N) is 3. The quantitative estimate of drug-likeness (QED) is 0.397. The summed E-state index contributed by atoms with van der Waals surface area (Å²) in [6, 6.07) is 16.6. The Balaban J connectivity index is 1.32. The topological polar surface area (TPSA) is 126 Å². The second kappa shape index (κ2) is 7.27. The van der Waals surface area contributed by atoms with Crippen LogP contribution in [0.4, 0.5) is 5.69 Å². The van der Waals surface area contributed by atoms with Gasteiger partial charge < -0.3 is 10.3 Å². The number of aromatic nitrogens is 5. The predicted molar refractivity (Wildman–Crippen MR) is 124 cm³/mol. The number of rotatable bonds is 4. The molecule has 1 aliphatic rings. The average Bonchev–Trinajstić information content (AvgIpc) is 3.55. The van der Waals surface area contributed by atoms with Crippen LogP contribution in [-0.2, 0) is 0 Å². The molecule has 33 heavy (non-hydrogen) atoms. The van der Waals surface area contributed by atoms with Gasteiger partial charge in [-0.3, -0.25) is 19.1 Å². The summed E-state index contributed by atoms with van der Waals surface area (Å²) >= 11 is 0. The van der Waals surface area contributed by atoms with E-state index in [1.54, 1.807) is 6.07 Å². The first-order chi connectivity index (χ1) is 16.1. The van der Waals surface area contributed by atoms with Gasteiger partial charge in [0.05, 0.1) is 22.0 Å². The predicted octanol–water partition coefficient (Wildman–Crippen LogP) is 3.22. The number of H-pyrrole nitrogens is 2. The molecule has 5 aromatic rings. The van der Waals surface area contributed by atoms with Crippen molar-refractivity contribution >= 4 is 33.7 Å². The van der Waals surface area contributed by atoms with Gasteiger partial charge in [-0.25, -0.2) is 14.8 Å². The Morgan fingerprint density at radius 3 is 2.70 bits per heavy atom. The third-order valence-electron chi connectivity index (χ3n) is 5.74. The minimum absolute atomic E-state index is 0.0463. The number of nitrogens with one attached hydrogen (secondary N) is 3. The maximum absolute atomic E-state index is 12.9. The summed E-state index contributed by atoms with van der Waals surface area (Å²) in [4.78, 5) is 51.9. The number of imidazole rings is 1. The van der Waals surface area contributed by atoms with Gasteiger partial charge in [0.2, 0.25) is 0 Å². The summed E-state index contributed by atoms with van der Waals surface area (Å²) < 4.78 is 1.50. The van der Waals surface area contributed by atoms with E-state index in [1.807, 2.05) is 42.5 Å². The van der Waals surface area contributed by atoms with E-state index < -0.39 is 17.2 Å². The molecule has 9 heteroatoms. The molecule has 0 atom stereocenters. The third-order valence-corrected chi connectivity index (χ3v) is 5.74. The maximum Gasteiger partial charge on any atom is 0.330 e. The lowest BCUT2D eigenvalue weighted by molar-refractivity contribution is 0.102. The molecule has 0 unspecified atom stereocenters. The van der Waals surface area contributed by atoms with Crippen LogP contribution in [0.5, 0.6) is 0 Å². The van der Waals surface area contributed by atoms with Gasteiger partial charge in [0.25, 0.3) is 11.5 Å². The second-order valence-corrected chi connectivity index (χ2v) is 8.09. The third kappa shape index (κ3) is 3.39. The Morgan fingerprint density at radius 2 is 1.88 bits per heavy atom. The molecule has 9 nitrogen and oxygen atoms in total. The molecule has 2 aromatic carbocycles. The molecule has 0 bridgehead atoms. The van der Waals surface area contributed by atoms with Gasteiger partial charge in [-0.15, -0.1) is 0 Å². The highest BCUT2D eigenvalue weighted by Gasteiger charge is 2.27. The number of aromatic amines is 2. The van der Waals surface area contributed by atoms with Crippen LogP contribution in [0.1, 0.15) is 29.2 Å². The standard InChI is InChI=1S/C24H18N6O3/c31-22(14-11-17-21(25-12-14)30(16-8-9-16)24(33)29-23(17)32)26-15-5-3-4-13(10-15)20-27-18-6-1-2-7-19(18)28-20/h1-7,10-12,16H,8-9H2,(H,26,31)(H,27,28)(H,29,32,33). The van der Waals surface area contributed by atoms with E-state index in [-0.39, 0.29) is 17.0 Å². The molecular weight excluding hydrogens is 420 g/mol. The van der Waals surface area contributed by atoms with Gasteiger partial charge in [-0.05, 0) is 43.2 Å². The minimum Gasteiger partial charge on any atom is -0.338 e. The van der Waals surface area contributed by atoms with Gasteiger partial charge >= 0.3 is 5.69 Å². The summed E-state index contributed by atoms with van der Waals surface area (Å²) in [5.74, 6) is 0.291. The fraction of sp³-hybridized carbons (Fsp3) is 0.125. The first-order valence-electron chi connectivity index (χ1n) is 10.6. The Bertz CT molecular complexity index is 1640. The van der Waals surface area contributed by atoms with Crippen LogP contribution in [0.25, 0.3) is 33.5 Å². The minimum atomic E-state index is -0.555. The van der Waals surface area contributed by atoms with Crippen molar-refractivity contribution in [2.75, 3.05) is 5.32 Å². The molecular formula is C24H18N6O3. The van der Waals surface area contributed by atoms with Crippen LogP contribution < -0.4 is 16.6 Å². The van der Waals surface area contributed by atoms with Crippen LogP contribution >= 0.6 is 0 Å². The number of hydrogen-bond donors (Lipinski definition) is 3. The number of carbonyl (C=O) groups excluding carboxylic acids is 1. The van der Waals surface area contributed by atoms with Crippen molar-refractivity contribution in [2.24, 2.45) is 0 Å². The van der Waals surface area contributed by atoms with Crippen LogP contribution in [0.2, 0.25) is 0 Å². The highest BCUT2D eigenvalue weighted by atomic mass is 16.2. The molecule has 1 saturated carbocycles. The molecule has 6 rings (SSSR count). The largest absolute Gasteiger partial charge is 0.338 e. The fourth-order valence-electron chi connectivity index (χ4n) is 3.97. The van der Waals surface area contributed by atoms with Crippen molar-refractivity contribution in [3.05, 3.63) is 87.2 Å². The average molecular weight is 438 g/mol. The molecule has 0 aliphatic heterocycles. The molecule has 3 aromatic heterocycles. The van der Waals surface area contributed by atoms with Crippen molar-refractivity contribution in [1.82, 2.24) is 24.5 Å². The zero-order chi connectivity index (χ0) is 22.5. The Kier molecular flexibility index (Phi) is 4.22. The number of pyridine rings is 1. The van der Waals surface area contributed by atoms with Crippen molar-refractivity contribution in [3.63, 3.8) is 0 Å². The lowest BCUT2D eigenvalue weighted by Crippen LogP contribution is -2.30. The van der Waals surface area contributed by atoms with Gasteiger partial charge in [0, 0.05) is 23.5 Å². The number of anilines is 1. The molecule has 162 valence electrons. The van der Waals surface area contributed by atoms with Gasteiger partial charge in [0.15, 0.2) is 0 Å². The van der Waals surface area contributed by atoms with E-state index in [2.05, 4.69) is 25.3 Å². The van der Waals surface area contributed by atoms with E-state index >= 15 is 0 Å². The smallest absolute Gasteiger partial charge is 0.330 e. The van der Waals surface area contributed by atoms with Crippen LogP contribution in [-0.4, -0.2) is 30.4 Å². The van der Waals surface area contributed by atoms with Gasteiger partial charge in [-0.2, -0.15) is 0 Å². The van der Waals surface area contributed by atoms with E-state index in [9.17, 15) is 14.4 Å². The molecule has 1 aliphatic carbocycles. The van der Waals surface area contributed by atoms with Crippen LogP contribution in [0.15, 0.2) is 70.4 Å². The molecule has 1 fully saturated rings. The Morgan fingerprint density at radius 1 is 1.03 bits per heavy atom. The van der Waals surface area contributed by atoms with Crippen molar-refractivity contribution in [1.29, 1.82) is 0 Å². The molecule has 0 radical (unpaired) electrons. The van der Waals surface area contributed by atoms with Gasteiger partial charge in [0.1, 0.15) is 11.5 Å². The number of hydrogen-bond acceptors (Lipinski definition) is 5. The summed E-state index contributed by atoms with van der Waals surface area (Å²) in [6.07, 6.45) is 3.12. The van der Waals surface area contributed by atoms with E-state index in [1.165, 1.54) is 16.8 Å². The summed E-state index contributed by atoms with van der Waals surface area (Å²) in [5.41, 5.74) is 2.69. The van der Waals surface area contributed by atoms with Crippen LogP contribution in [0, 0.1) is 0 Å². The highest BCUT2D eigenvalue weighted by molar-refractivity contribution is 6.05. The van der Waals surface area contributed by atoms with Crippen molar-refractivity contribution < 1.29 is 4.79 Å². The van der Waals surface area contributed by atoms with Gasteiger partial charge in [-0.1, -0.05) is 24.3 Å². The number of fused-ring (bicyclic) bond motifs is 2. The molecule has 0 saturated heterocycles. The lowest BCUT2D eigenvalue weighted by Gasteiger charge is -2.09. The summed E-state index contributed by atoms with van der Waals surface area (Å²) in [5, 5.41) is 3.06. The van der Waals surface area contributed by atoms with Crippen molar-refractivity contribution in [2.45, 2.75) is 18.9 Å². The van der Waals surface area contributed by atoms with Crippen molar-refractivity contribution in [3.8, 4) is 11.4 Å². The maximum atomic E-state index is 12.9. The van der Waals surface area contributed by atoms with E-state index in [0.717, 1.165) is 29.4 Å².